The summed E-state index contributed by atoms with van der Waals surface area (Å²) in [7, 11) is 0. The maximum absolute atomic E-state index is 4.41. The van der Waals surface area contributed by atoms with Gasteiger partial charge in [-0.2, -0.15) is 5.10 Å². The topological polar surface area (TPSA) is 53.1 Å². The number of H-pyrrole nitrogens is 1. The number of hydrazone groups is 1. The molecule has 0 unspecified atom stereocenters. The van der Waals surface area contributed by atoms with Crippen LogP contribution in [0.2, 0.25) is 0 Å². The van der Waals surface area contributed by atoms with E-state index in [-0.39, 0.29) is 5.41 Å². The molecule has 0 bridgehead atoms. The van der Waals surface area contributed by atoms with E-state index >= 15 is 0 Å². The number of nitrogens with one attached hydrogen (secondary N) is 2. The first-order valence-electron chi connectivity index (χ1n) is 7.37. The number of hydrogen-bond acceptors (Lipinski definition) is 3. The molecule has 3 rings (SSSR count). The van der Waals surface area contributed by atoms with Crippen molar-refractivity contribution in [2.24, 2.45) is 5.10 Å². The fraction of sp³-hybridized carbons (Fsp3) is 0.222. The predicted octanol–water partition coefficient (Wildman–Crippen LogP) is 4.31. The van der Waals surface area contributed by atoms with Gasteiger partial charge in [-0.25, -0.2) is 10.4 Å². The molecular weight excluding hydrogens is 272 g/mol. The summed E-state index contributed by atoms with van der Waals surface area (Å²) in [5.74, 6) is 0.642. The van der Waals surface area contributed by atoms with Gasteiger partial charge in [0.2, 0.25) is 5.95 Å². The molecule has 0 saturated heterocycles. The SMILES string of the molecule is CC(C)(C)c1ccc(/C=N/Nc2nc3ccccc3[nH]2)cc1. The minimum atomic E-state index is 0.169. The second kappa shape index (κ2) is 5.64. The zero-order chi connectivity index (χ0) is 15.6. The summed E-state index contributed by atoms with van der Waals surface area (Å²) in [4.78, 5) is 7.58. The van der Waals surface area contributed by atoms with Gasteiger partial charge in [0, 0.05) is 0 Å². The van der Waals surface area contributed by atoms with Crippen LogP contribution in [-0.4, -0.2) is 16.2 Å². The van der Waals surface area contributed by atoms with Gasteiger partial charge < -0.3 is 4.98 Å². The van der Waals surface area contributed by atoms with Crippen LogP contribution in [0.15, 0.2) is 53.6 Å². The van der Waals surface area contributed by atoms with E-state index in [2.05, 4.69) is 65.5 Å². The Morgan fingerprint density at radius 2 is 1.77 bits per heavy atom. The maximum atomic E-state index is 4.41. The van der Waals surface area contributed by atoms with Crippen LogP contribution in [0.25, 0.3) is 11.0 Å². The summed E-state index contributed by atoms with van der Waals surface area (Å²) >= 11 is 0. The van der Waals surface area contributed by atoms with E-state index < -0.39 is 0 Å². The number of rotatable bonds is 3. The summed E-state index contributed by atoms with van der Waals surface area (Å²) < 4.78 is 0. The molecule has 2 N–H and O–H groups in total. The standard InChI is InChI=1S/C18H20N4/c1-18(2,3)14-10-8-13(9-11-14)12-19-22-17-20-15-6-4-5-7-16(15)21-17/h4-12H,1-3H3,(H2,20,21,22)/b19-12+. The number of benzene rings is 2. The Morgan fingerprint density at radius 3 is 2.45 bits per heavy atom. The second-order valence-electron chi connectivity index (χ2n) is 6.34. The van der Waals surface area contributed by atoms with Gasteiger partial charge in [-0.3, -0.25) is 0 Å². The lowest BCUT2D eigenvalue weighted by Crippen LogP contribution is -2.10. The van der Waals surface area contributed by atoms with E-state index in [1.807, 2.05) is 24.3 Å². The molecule has 0 atom stereocenters. The third-order valence-electron chi connectivity index (χ3n) is 3.55. The molecule has 0 radical (unpaired) electrons. The first kappa shape index (κ1) is 14.3. The Balaban J connectivity index is 1.69. The van der Waals surface area contributed by atoms with Gasteiger partial charge in [-0.05, 0) is 28.7 Å². The minimum Gasteiger partial charge on any atom is -0.323 e. The van der Waals surface area contributed by atoms with E-state index in [0.29, 0.717) is 5.95 Å². The average molecular weight is 292 g/mol. The van der Waals surface area contributed by atoms with Crippen LogP contribution in [0.1, 0.15) is 31.9 Å². The zero-order valence-corrected chi connectivity index (χ0v) is 13.1. The number of aromatic amines is 1. The highest BCUT2D eigenvalue weighted by Gasteiger charge is 2.12. The van der Waals surface area contributed by atoms with Gasteiger partial charge in [-0.1, -0.05) is 57.2 Å². The number of hydrogen-bond donors (Lipinski definition) is 2. The number of para-hydroxylation sites is 2. The van der Waals surface area contributed by atoms with Crippen LogP contribution in [-0.2, 0) is 5.41 Å². The highest BCUT2D eigenvalue weighted by molar-refractivity contribution is 5.81. The van der Waals surface area contributed by atoms with Crippen molar-refractivity contribution in [1.82, 2.24) is 9.97 Å². The zero-order valence-electron chi connectivity index (χ0n) is 13.1. The molecule has 0 fully saturated rings. The van der Waals surface area contributed by atoms with Crippen molar-refractivity contribution in [3.8, 4) is 0 Å². The molecule has 4 heteroatoms. The normalized spacial score (nSPS) is 12.1. The molecule has 1 heterocycles. The Hall–Kier alpha value is -2.62. The molecule has 2 aromatic carbocycles. The number of nitrogens with zero attached hydrogens (tertiary/aromatic N) is 2. The Bertz CT molecular complexity index is 759. The molecule has 22 heavy (non-hydrogen) atoms. The van der Waals surface area contributed by atoms with Crippen LogP contribution in [0.3, 0.4) is 0 Å². The Labute approximate surface area is 130 Å². The Kier molecular flexibility index (Phi) is 3.67. The first-order valence-corrected chi connectivity index (χ1v) is 7.37. The van der Waals surface area contributed by atoms with Gasteiger partial charge in [-0.15, -0.1) is 0 Å². The number of fused-ring (bicyclic) bond motifs is 1. The quantitative estimate of drug-likeness (QED) is 0.558. The first-order chi connectivity index (χ1) is 10.5. The smallest absolute Gasteiger partial charge is 0.222 e. The van der Waals surface area contributed by atoms with Crippen molar-refractivity contribution in [2.45, 2.75) is 26.2 Å². The molecule has 3 aromatic rings. The van der Waals surface area contributed by atoms with Crippen molar-refractivity contribution in [3.63, 3.8) is 0 Å². The largest absolute Gasteiger partial charge is 0.323 e. The van der Waals surface area contributed by atoms with E-state index in [9.17, 15) is 0 Å². The highest BCUT2D eigenvalue weighted by atomic mass is 15.3. The van der Waals surface area contributed by atoms with Gasteiger partial charge in [0.1, 0.15) is 0 Å². The molecule has 0 saturated carbocycles. The lowest BCUT2D eigenvalue weighted by molar-refractivity contribution is 0.590. The molecule has 1 aromatic heterocycles. The minimum absolute atomic E-state index is 0.169. The van der Waals surface area contributed by atoms with Crippen molar-refractivity contribution in [1.29, 1.82) is 0 Å². The molecule has 4 nitrogen and oxygen atoms in total. The van der Waals surface area contributed by atoms with Gasteiger partial charge in [0.15, 0.2) is 0 Å². The summed E-state index contributed by atoms with van der Waals surface area (Å²) in [6, 6.07) is 16.3. The second-order valence-corrected chi connectivity index (χ2v) is 6.34. The van der Waals surface area contributed by atoms with Gasteiger partial charge in [0.05, 0.1) is 17.2 Å². The fourth-order valence-electron chi connectivity index (χ4n) is 2.24. The Morgan fingerprint density at radius 1 is 1.05 bits per heavy atom. The van der Waals surface area contributed by atoms with Crippen LogP contribution < -0.4 is 5.43 Å². The third kappa shape index (κ3) is 3.17. The molecule has 0 spiro atoms. The van der Waals surface area contributed by atoms with E-state index in [0.717, 1.165) is 16.6 Å². The van der Waals surface area contributed by atoms with Gasteiger partial charge in [0.25, 0.3) is 0 Å². The number of aromatic nitrogens is 2. The molecular formula is C18H20N4. The van der Waals surface area contributed by atoms with Crippen LogP contribution in [0.4, 0.5) is 5.95 Å². The maximum Gasteiger partial charge on any atom is 0.222 e. The van der Waals surface area contributed by atoms with E-state index in [4.69, 9.17) is 0 Å². The monoisotopic (exact) mass is 292 g/mol. The predicted molar refractivity (Wildman–Crippen MR) is 92.5 cm³/mol. The molecule has 0 amide bonds. The van der Waals surface area contributed by atoms with E-state index in [1.54, 1.807) is 6.21 Å². The highest BCUT2D eigenvalue weighted by Crippen LogP contribution is 2.21. The van der Waals surface area contributed by atoms with Crippen molar-refractivity contribution < 1.29 is 0 Å². The van der Waals surface area contributed by atoms with Crippen molar-refractivity contribution in [2.75, 3.05) is 5.43 Å². The third-order valence-corrected chi connectivity index (χ3v) is 3.55. The number of anilines is 1. The molecule has 112 valence electrons. The van der Waals surface area contributed by atoms with Crippen LogP contribution in [0.5, 0.6) is 0 Å². The lowest BCUT2D eigenvalue weighted by atomic mass is 9.87. The summed E-state index contributed by atoms with van der Waals surface area (Å²) in [5, 5.41) is 4.23. The number of imidazole rings is 1. The summed E-state index contributed by atoms with van der Waals surface area (Å²) in [6.07, 6.45) is 1.79. The van der Waals surface area contributed by atoms with E-state index in [1.165, 1.54) is 5.56 Å². The fourth-order valence-corrected chi connectivity index (χ4v) is 2.24. The summed E-state index contributed by atoms with van der Waals surface area (Å²) in [6.45, 7) is 6.62. The van der Waals surface area contributed by atoms with Crippen LogP contribution >= 0.6 is 0 Å². The van der Waals surface area contributed by atoms with Crippen LogP contribution in [0, 0.1) is 0 Å². The molecule has 0 aliphatic carbocycles. The average Bonchev–Trinajstić information content (AvgIpc) is 2.89. The van der Waals surface area contributed by atoms with Gasteiger partial charge >= 0.3 is 0 Å². The summed E-state index contributed by atoms with van der Waals surface area (Å²) in [5.41, 5.74) is 7.39. The molecule has 0 aliphatic heterocycles. The van der Waals surface area contributed by atoms with Crippen molar-refractivity contribution >= 4 is 23.2 Å². The lowest BCUT2D eigenvalue weighted by Gasteiger charge is -2.18. The van der Waals surface area contributed by atoms with Crippen molar-refractivity contribution in [3.05, 3.63) is 59.7 Å². The molecule has 0 aliphatic rings.